The number of carboxylic acids is 1. The summed E-state index contributed by atoms with van der Waals surface area (Å²) in [5.41, 5.74) is 0. The average Bonchev–Trinajstić information content (AvgIpc) is 2.35. The van der Waals surface area contributed by atoms with E-state index in [4.69, 9.17) is 14.6 Å². The number of esters is 1. The third-order valence-corrected chi connectivity index (χ3v) is 2.47. The fourth-order valence-corrected chi connectivity index (χ4v) is 1.57. The Balaban J connectivity index is 0. The van der Waals surface area contributed by atoms with E-state index in [-0.39, 0.29) is 5.97 Å². The summed E-state index contributed by atoms with van der Waals surface area (Å²) in [6.45, 7) is 5.30. The lowest BCUT2D eigenvalue weighted by atomic mass is 10.1. The van der Waals surface area contributed by atoms with Crippen molar-refractivity contribution >= 4 is 11.9 Å². The van der Waals surface area contributed by atoms with Crippen molar-refractivity contribution in [2.45, 2.75) is 72.1 Å². The van der Waals surface area contributed by atoms with Gasteiger partial charge in [0.2, 0.25) is 0 Å². The molecule has 0 atom stereocenters. The third kappa shape index (κ3) is 30.1. The number of allylic oxidation sites excluding steroid dienone is 2. The van der Waals surface area contributed by atoms with Crippen molar-refractivity contribution < 1.29 is 19.4 Å². The van der Waals surface area contributed by atoms with Gasteiger partial charge in [0, 0.05) is 13.8 Å². The zero-order valence-corrected chi connectivity index (χ0v) is 13.2. The molecule has 0 aromatic carbocycles. The van der Waals surface area contributed by atoms with Crippen LogP contribution in [-0.4, -0.2) is 23.7 Å². The lowest BCUT2D eigenvalue weighted by Gasteiger charge is -2.01. The molecule has 0 aliphatic rings. The Morgan fingerprint density at radius 3 is 1.95 bits per heavy atom. The summed E-state index contributed by atoms with van der Waals surface area (Å²) in [6, 6.07) is 0. The minimum Gasteiger partial charge on any atom is -0.481 e. The first-order valence-corrected chi connectivity index (χ1v) is 7.48. The number of hydrogen-bond donors (Lipinski definition) is 1. The number of carbonyl (C=O) groups is 2. The normalized spacial score (nSPS) is 9.95. The fourth-order valence-electron chi connectivity index (χ4n) is 1.57. The largest absolute Gasteiger partial charge is 0.481 e. The van der Waals surface area contributed by atoms with Crippen LogP contribution in [0.1, 0.15) is 72.1 Å². The molecule has 4 heteroatoms. The predicted octanol–water partition coefficient (Wildman–Crippen LogP) is 4.34. The molecule has 4 nitrogen and oxygen atoms in total. The van der Waals surface area contributed by atoms with Crippen LogP contribution >= 0.6 is 0 Å². The number of unbranched alkanes of at least 4 members (excludes halogenated alkanes) is 6. The highest BCUT2D eigenvalue weighted by Gasteiger charge is 1.93. The predicted molar refractivity (Wildman–Crippen MR) is 81.7 cm³/mol. The van der Waals surface area contributed by atoms with Crippen LogP contribution < -0.4 is 0 Å². The minimum absolute atomic E-state index is 0.164. The summed E-state index contributed by atoms with van der Waals surface area (Å²) < 4.78 is 4.87. The van der Waals surface area contributed by atoms with Crippen LogP contribution in [0.15, 0.2) is 12.2 Å². The molecule has 0 spiro atoms. The summed E-state index contributed by atoms with van der Waals surface area (Å²) in [5, 5.41) is 7.42. The molecule has 0 heterocycles. The van der Waals surface area contributed by atoms with Crippen molar-refractivity contribution in [2.24, 2.45) is 0 Å². The highest BCUT2D eigenvalue weighted by Crippen LogP contribution is 2.07. The Morgan fingerprint density at radius 2 is 1.45 bits per heavy atom. The molecule has 0 saturated carbocycles. The average molecular weight is 286 g/mol. The molecule has 0 fully saturated rings. The van der Waals surface area contributed by atoms with Gasteiger partial charge in [-0.15, -0.1) is 0 Å². The van der Waals surface area contributed by atoms with Gasteiger partial charge in [-0.1, -0.05) is 44.8 Å². The van der Waals surface area contributed by atoms with E-state index in [1.165, 1.54) is 45.4 Å². The molecule has 0 aromatic rings. The van der Waals surface area contributed by atoms with Crippen molar-refractivity contribution in [2.75, 3.05) is 6.61 Å². The fraction of sp³-hybridized carbons (Fsp3) is 0.750. The minimum atomic E-state index is -0.833. The summed E-state index contributed by atoms with van der Waals surface area (Å²) in [4.78, 5) is 19.5. The molecule has 0 aliphatic heterocycles. The van der Waals surface area contributed by atoms with Crippen LogP contribution in [0.4, 0.5) is 0 Å². The summed E-state index contributed by atoms with van der Waals surface area (Å²) >= 11 is 0. The number of aliphatic carboxylic acids is 1. The van der Waals surface area contributed by atoms with Gasteiger partial charge >= 0.3 is 5.97 Å². The first-order valence-electron chi connectivity index (χ1n) is 7.48. The third-order valence-electron chi connectivity index (χ3n) is 2.47. The van der Waals surface area contributed by atoms with Crippen molar-refractivity contribution in [3.63, 3.8) is 0 Å². The molecular formula is C16H30O4. The lowest BCUT2D eigenvalue weighted by Crippen LogP contribution is -1.99. The maximum absolute atomic E-state index is 10.5. The molecule has 0 rings (SSSR count). The van der Waals surface area contributed by atoms with Gasteiger partial charge in [0.1, 0.15) is 0 Å². The second-order valence-electron chi connectivity index (χ2n) is 4.65. The molecule has 0 bridgehead atoms. The second-order valence-corrected chi connectivity index (χ2v) is 4.65. The number of ether oxygens (including phenoxy) is 1. The summed E-state index contributed by atoms with van der Waals surface area (Å²) in [6.07, 6.45) is 14.3. The Morgan fingerprint density at radius 1 is 0.950 bits per heavy atom. The van der Waals surface area contributed by atoms with E-state index in [0.29, 0.717) is 6.61 Å². The van der Waals surface area contributed by atoms with E-state index in [1.54, 1.807) is 0 Å². The van der Waals surface area contributed by atoms with Gasteiger partial charge in [-0.05, 0) is 25.7 Å². The van der Waals surface area contributed by atoms with Crippen LogP contribution in [0.2, 0.25) is 0 Å². The van der Waals surface area contributed by atoms with Gasteiger partial charge in [-0.3, -0.25) is 9.59 Å². The highest BCUT2D eigenvalue weighted by molar-refractivity contribution is 5.65. The Bertz CT molecular complexity index is 255. The number of rotatable bonds is 10. The SMILES string of the molecule is CC(=O)O.CCC=CCCCCCCCCOC(C)=O. The van der Waals surface area contributed by atoms with Gasteiger partial charge in [-0.25, -0.2) is 0 Å². The van der Waals surface area contributed by atoms with Gasteiger partial charge < -0.3 is 9.84 Å². The molecule has 0 aromatic heterocycles. The van der Waals surface area contributed by atoms with Gasteiger partial charge in [0.05, 0.1) is 6.61 Å². The topological polar surface area (TPSA) is 63.6 Å². The van der Waals surface area contributed by atoms with Crippen LogP contribution in [0.5, 0.6) is 0 Å². The van der Waals surface area contributed by atoms with E-state index >= 15 is 0 Å². The van der Waals surface area contributed by atoms with Crippen molar-refractivity contribution in [1.82, 2.24) is 0 Å². The van der Waals surface area contributed by atoms with Crippen LogP contribution in [0.25, 0.3) is 0 Å². The van der Waals surface area contributed by atoms with Gasteiger partial charge in [0.25, 0.3) is 5.97 Å². The maximum atomic E-state index is 10.5. The Labute approximate surface area is 123 Å². The number of carbonyl (C=O) groups excluding carboxylic acids is 1. The van der Waals surface area contributed by atoms with Crippen molar-refractivity contribution in [1.29, 1.82) is 0 Å². The molecule has 0 unspecified atom stereocenters. The smallest absolute Gasteiger partial charge is 0.302 e. The second kappa shape index (κ2) is 17.7. The van der Waals surface area contributed by atoms with Gasteiger partial charge in [-0.2, -0.15) is 0 Å². The molecule has 0 amide bonds. The van der Waals surface area contributed by atoms with E-state index in [1.807, 2.05) is 0 Å². The molecule has 0 aliphatic carbocycles. The zero-order valence-electron chi connectivity index (χ0n) is 13.2. The Hall–Kier alpha value is -1.32. The highest BCUT2D eigenvalue weighted by atomic mass is 16.5. The standard InChI is InChI=1S/C14H26O2.C2H4O2/c1-3-4-5-6-7-8-9-10-11-12-13-16-14(2)15;1-2(3)4/h4-5H,3,6-13H2,1-2H3;1H3,(H,3,4). The van der Waals surface area contributed by atoms with E-state index in [0.717, 1.165) is 19.8 Å². The maximum Gasteiger partial charge on any atom is 0.302 e. The summed E-state index contributed by atoms with van der Waals surface area (Å²) in [7, 11) is 0. The van der Waals surface area contributed by atoms with E-state index in [2.05, 4.69) is 19.1 Å². The molecule has 0 saturated heterocycles. The van der Waals surface area contributed by atoms with E-state index < -0.39 is 5.97 Å². The number of hydrogen-bond acceptors (Lipinski definition) is 3. The quantitative estimate of drug-likeness (QED) is 0.368. The van der Waals surface area contributed by atoms with Gasteiger partial charge in [0.15, 0.2) is 0 Å². The number of carboxylic acid groups (broad SMARTS) is 1. The first-order chi connectivity index (χ1) is 9.50. The van der Waals surface area contributed by atoms with E-state index in [9.17, 15) is 4.79 Å². The van der Waals surface area contributed by atoms with Crippen molar-refractivity contribution in [3.05, 3.63) is 12.2 Å². The lowest BCUT2D eigenvalue weighted by molar-refractivity contribution is -0.141. The molecule has 118 valence electrons. The molecule has 20 heavy (non-hydrogen) atoms. The van der Waals surface area contributed by atoms with Crippen LogP contribution in [0.3, 0.4) is 0 Å². The van der Waals surface area contributed by atoms with Crippen molar-refractivity contribution in [3.8, 4) is 0 Å². The monoisotopic (exact) mass is 286 g/mol. The first kappa shape index (κ1) is 21.0. The molecule has 1 N–H and O–H groups in total. The molecular weight excluding hydrogens is 256 g/mol. The summed E-state index contributed by atoms with van der Waals surface area (Å²) in [5.74, 6) is -0.997. The van der Waals surface area contributed by atoms with Crippen LogP contribution in [0, 0.1) is 0 Å². The zero-order chi connectivity index (χ0) is 15.6. The molecule has 0 radical (unpaired) electrons. The Kier molecular flexibility index (Phi) is 18.6. The van der Waals surface area contributed by atoms with Crippen LogP contribution in [-0.2, 0) is 14.3 Å².